The molecule has 0 spiro atoms. The van der Waals surface area contributed by atoms with Crippen molar-refractivity contribution in [3.05, 3.63) is 29.8 Å². The van der Waals surface area contributed by atoms with Crippen LogP contribution in [-0.4, -0.2) is 38.7 Å². The Morgan fingerprint density at radius 3 is 3.19 bits per heavy atom. The Morgan fingerprint density at radius 2 is 2.33 bits per heavy atom. The van der Waals surface area contributed by atoms with Gasteiger partial charge in [0, 0.05) is 25.1 Å². The molecule has 1 aliphatic rings. The van der Waals surface area contributed by atoms with Gasteiger partial charge in [-0.05, 0) is 25.0 Å². The Balaban J connectivity index is 1.62. The van der Waals surface area contributed by atoms with Crippen molar-refractivity contribution in [1.29, 1.82) is 0 Å². The van der Waals surface area contributed by atoms with Crippen LogP contribution in [0.2, 0.25) is 0 Å². The number of tetrazole rings is 1. The molecular formula is C13H13FN6O. The number of aromatic amines is 1. The molecule has 1 aromatic carbocycles. The van der Waals surface area contributed by atoms with Crippen molar-refractivity contribution in [1.82, 2.24) is 25.6 Å². The number of benzene rings is 1. The molecule has 1 atom stereocenters. The first-order valence-electron chi connectivity index (χ1n) is 6.84. The molecule has 0 saturated carbocycles. The number of anilines is 1. The van der Waals surface area contributed by atoms with Gasteiger partial charge in [-0.15, -0.1) is 10.2 Å². The van der Waals surface area contributed by atoms with Crippen LogP contribution in [0.5, 0.6) is 0 Å². The molecule has 3 aromatic rings. The number of nitrogens with zero attached hydrogens (tertiary/aromatic N) is 5. The second kappa shape index (κ2) is 4.80. The molecule has 2 aromatic heterocycles. The summed E-state index contributed by atoms with van der Waals surface area (Å²) in [6.45, 7) is 1.57. The maximum atomic E-state index is 13.2. The van der Waals surface area contributed by atoms with Crippen LogP contribution in [0.4, 0.5) is 10.4 Å². The number of nitrogens with one attached hydrogen (secondary N) is 1. The van der Waals surface area contributed by atoms with Gasteiger partial charge in [-0.1, -0.05) is 5.21 Å². The van der Waals surface area contributed by atoms with E-state index in [4.69, 9.17) is 4.42 Å². The largest absolute Gasteiger partial charge is 0.423 e. The van der Waals surface area contributed by atoms with Crippen LogP contribution in [0.15, 0.2) is 22.6 Å². The summed E-state index contributed by atoms with van der Waals surface area (Å²) >= 11 is 0. The number of halogens is 1. The lowest BCUT2D eigenvalue weighted by Gasteiger charge is -2.29. The highest BCUT2D eigenvalue weighted by atomic mass is 19.1. The Kier molecular flexibility index (Phi) is 2.80. The normalized spacial score (nSPS) is 19.3. The van der Waals surface area contributed by atoms with Gasteiger partial charge in [0.05, 0.1) is 0 Å². The first kappa shape index (κ1) is 12.2. The molecule has 8 heteroatoms. The maximum Gasteiger partial charge on any atom is 0.298 e. The third-order valence-corrected chi connectivity index (χ3v) is 3.76. The molecule has 1 N–H and O–H groups in total. The molecule has 4 rings (SSSR count). The summed E-state index contributed by atoms with van der Waals surface area (Å²) in [7, 11) is 0. The van der Waals surface area contributed by atoms with Gasteiger partial charge in [-0.25, -0.2) is 4.39 Å². The van der Waals surface area contributed by atoms with Gasteiger partial charge >= 0.3 is 0 Å². The number of piperidine rings is 1. The molecule has 3 heterocycles. The minimum Gasteiger partial charge on any atom is -0.423 e. The van der Waals surface area contributed by atoms with Crippen molar-refractivity contribution in [2.75, 3.05) is 18.0 Å². The number of hydrogen-bond donors (Lipinski definition) is 1. The zero-order chi connectivity index (χ0) is 14.2. The van der Waals surface area contributed by atoms with Gasteiger partial charge in [0.2, 0.25) is 0 Å². The van der Waals surface area contributed by atoms with Gasteiger partial charge in [0.15, 0.2) is 11.4 Å². The summed E-state index contributed by atoms with van der Waals surface area (Å²) in [5.41, 5.74) is 1.12. The summed E-state index contributed by atoms with van der Waals surface area (Å²) in [6.07, 6.45) is 2.00. The number of oxazole rings is 1. The van der Waals surface area contributed by atoms with Crippen LogP contribution in [0.3, 0.4) is 0 Å². The fourth-order valence-corrected chi connectivity index (χ4v) is 2.73. The average molecular weight is 288 g/mol. The molecule has 0 aliphatic carbocycles. The molecule has 0 unspecified atom stereocenters. The molecule has 7 nitrogen and oxygen atoms in total. The summed E-state index contributed by atoms with van der Waals surface area (Å²) in [4.78, 5) is 6.41. The van der Waals surface area contributed by atoms with Gasteiger partial charge in [-0.3, -0.25) is 0 Å². The molecule has 0 bridgehead atoms. The van der Waals surface area contributed by atoms with Crippen LogP contribution in [0, 0.1) is 5.82 Å². The lowest BCUT2D eigenvalue weighted by Crippen LogP contribution is -2.35. The smallest absolute Gasteiger partial charge is 0.298 e. The molecule has 108 valence electrons. The van der Waals surface area contributed by atoms with E-state index in [0.29, 0.717) is 22.9 Å². The van der Waals surface area contributed by atoms with Crippen molar-refractivity contribution < 1.29 is 8.81 Å². The van der Waals surface area contributed by atoms with Crippen LogP contribution >= 0.6 is 0 Å². The van der Waals surface area contributed by atoms with E-state index in [1.807, 2.05) is 4.90 Å². The van der Waals surface area contributed by atoms with Crippen LogP contribution < -0.4 is 4.90 Å². The molecule has 21 heavy (non-hydrogen) atoms. The molecule has 0 radical (unpaired) electrons. The van der Waals surface area contributed by atoms with Crippen molar-refractivity contribution in [2.45, 2.75) is 18.8 Å². The third kappa shape index (κ3) is 2.22. The van der Waals surface area contributed by atoms with Gasteiger partial charge in [0.1, 0.15) is 11.3 Å². The minimum absolute atomic E-state index is 0.198. The molecule has 1 fully saturated rings. The van der Waals surface area contributed by atoms with Crippen LogP contribution in [-0.2, 0) is 0 Å². The van der Waals surface area contributed by atoms with E-state index in [9.17, 15) is 4.39 Å². The first-order chi connectivity index (χ1) is 10.3. The zero-order valence-corrected chi connectivity index (χ0v) is 11.2. The highest BCUT2D eigenvalue weighted by molar-refractivity contribution is 5.74. The third-order valence-electron chi connectivity index (χ3n) is 3.76. The predicted octanol–water partition coefficient (Wildman–Crippen LogP) is 1.86. The van der Waals surface area contributed by atoms with Crippen molar-refractivity contribution in [3.63, 3.8) is 0 Å². The lowest BCUT2D eigenvalue weighted by atomic mass is 9.98. The SMILES string of the molecule is Fc1ccc2oc(N3CCC[C@H](c4nn[nH]n4)C3)nc2c1. The fraction of sp³-hybridized carbons (Fsp3) is 0.385. The van der Waals surface area contributed by atoms with E-state index in [1.165, 1.54) is 12.1 Å². The summed E-state index contributed by atoms with van der Waals surface area (Å²) < 4.78 is 18.9. The molecular weight excluding hydrogens is 275 g/mol. The number of fused-ring (bicyclic) bond motifs is 1. The fourth-order valence-electron chi connectivity index (χ4n) is 2.73. The summed E-state index contributed by atoms with van der Waals surface area (Å²) in [5.74, 6) is 0.594. The maximum absolute atomic E-state index is 13.2. The van der Waals surface area contributed by atoms with Gasteiger partial charge in [-0.2, -0.15) is 10.2 Å². The molecule has 1 aliphatic heterocycles. The van der Waals surface area contributed by atoms with E-state index < -0.39 is 0 Å². The predicted molar refractivity (Wildman–Crippen MR) is 72.3 cm³/mol. The summed E-state index contributed by atoms with van der Waals surface area (Å²) in [5, 5.41) is 14.2. The lowest BCUT2D eigenvalue weighted by molar-refractivity contribution is 0.457. The zero-order valence-electron chi connectivity index (χ0n) is 11.2. The Labute approximate surface area is 119 Å². The van der Waals surface area contributed by atoms with Crippen LogP contribution in [0.25, 0.3) is 11.1 Å². The second-order valence-electron chi connectivity index (χ2n) is 5.16. The standard InChI is InChI=1S/C13H13FN6O/c14-9-3-4-11-10(6-9)15-13(21-11)20-5-1-2-8(7-20)12-16-18-19-17-12/h3-4,6,8H,1-2,5,7H2,(H,16,17,18,19)/t8-/m0/s1. The molecule has 1 saturated heterocycles. The van der Waals surface area contributed by atoms with E-state index in [1.54, 1.807) is 6.07 Å². The average Bonchev–Trinajstić information content (AvgIpc) is 3.16. The first-order valence-corrected chi connectivity index (χ1v) is 6.84. The van der Waals surface area contributed by atoms with Gasteiger partial charge in [0.25, 0.3) is 6.01 Å². The van der Waals surface area contributed by atoms with Gasteiger partial charge < -0.3 is 9.32 Å². The Morgan fingerprint density at radius 1 is 1.38 bits per heavy atom. The number of aromatic nitrogens is 5. The van der Waals surface area contributed by atoms with E-state index in [-0.39, 0.29) is 11.7 Å². The Bertz CT molecular complexity index is 755. The number of rotatable bonds is 2. The van der Waals surface area contributed by atoms with Crippen molar-refractivity contribution >= 4 is 17.1 Å². The van der Waals surface area contributed by atoms with Crippen molar-refractivity contribution in [3.8, 4) is 0 Å². The van der Waals surface area contributed by atoms with Crippen molar-refractivity contribution in [2.24, 2.45) is 0 Å². The monoisotopic (exact) mass is 288 g/mol. The molecule has 0 amide bonds. The van der Waals surface area contributed by atoms with E-state index >= 15 is 0 Å². The second-order valence-corrected chi connectivity index (χ2v) is 5.16. The minimum atomic E-state index is -0.314. The highest BCUT2D eigenvalue weighted by Crippen LogP contribution is 2.29. The number of H-pyrrole nitrogens is 1. The van der Waals surface area contributed by atoms with E-state index in [0.717, 1.165) is 25.9 Å². The topological polar surface area (TPSA) is 83.7 Å². The van der Waals surface area contributed by atoms with Crippen LogP contribution in [0.1, 0.15) is 24.6 Å². The Hall–Kier alpha value is -2.51. The summed E-state index contributed by atoms with van der Waals surface area (Å²) in [6, 6.07) is 4.86. The number of hydrogen-bond acceptors (Lipinski definition) is 6. The van der Waals surface area contributed by atoms with E-state index in [2.05, 4.69) is 25.6 Å². The highest BCUT2D eigenvalue weighted by Gasteiger charge is 2.27. The quantitative estimate of drug-likeness (QED) is 0.775.